The molecular weight excluding hydrogens is 331 g/mol. The van der Waals surface area contributed by atoms with E-state index in [1.807, 2.05) is 30.3 Å². The first-order chi connectivity index (χ1) is 12.7. The zero-order valence-corrected chi connectivity index (χ0v) is 13.8. The van der Waals surface area contributed by atoms with Crippen LogP contribution in [0.2, 0.25) is 0 Å². The van der Waals surface area contributed by atoms with Crippen LogP contribution in [-0.2, 0) is 6.61 Å². The van der Waals surface area contributed by atoms with Gasteiger partial charge in [-0.2, -0.15) is 0 Å². The molecule has 0 saturated carbocycles. The van der Waals surface area contributed by atoms with Crippen molar-refractivity contribution < 1.29 is 13.5 Å². The van der Waals surface area contributed by atoms with Crippen LogP contribution in [0.4, 0.5) is 4.39 Å². The first kappa shape index (κ1) is 16.1. The predicted molar refractivity (Wildman–Crippen MR) is 98.7 cm³/mol. The van der Waals surface area contributed by atoms with Gasteiger partial charge >= 0.3 is 0 Å². The summed E-state index contributed by atoms with van der Waals surface area (Å²) in [6, 6.07) is 20.7. The molecule has 4 rings (SSSR count). The summed E-state index contributed by atoms with van der Waals surface area (Å²) in [5.41, 5.74) is 2.42. The molecule has 0 amide bonds. The van der Waals surface area contributed by atoms with Crippen LogP contribution in [-0.4, -0.2) is 0 Å². The molecule has 3 nitrogen and oxygen atoms in total. The second-order valence-corrected chi connectivity index (χ2v) is 5.92. The van der Waals surface area contributed by atoms with Crippen LogP contribution in [0, 0.1) is 5.82 Å². The molecule has 3 aromatic carbocycles. The molecule has 4 heteroatoms. The van der Waals surface area contributed by atoms with Gasteiger partial charge in [0.25, 0.3) is 0 Å². The second-order valence-electron chi connectivity index (χ2n) is 5.92. The van der Waals surface area contributed by atoms with Gasteiger partial charge in [0.05, 0.1) is 10.9 Å². The predicted octanol–water partition coefficient (Wildman–Crippen LogP) is 5.18. The minimum Gasteiger partial charge on any atom is -0.489 e. The van der Waals surface area contributed by atoms with Gasteiger partial charge in [-0.15, -0.1) is 0 Å². The monoisotopic (exact) mass is 346 g/mol. The summed E-state index contributed by atoms with van der Waals surface area (Å²) in [5.74, 6) is 0.251. The molecule has 0 aliphatic carbocycles. The van der Waals surface area contributed by atoms with E-state index in [2.05, 4.69) is 0 Å². The molecule has 0 fully saturated rings. The number of hydrogen-bond donors (Lipinski definition) is 0. The highest BCUT2D eigenvalue weighted by molar-refractivity contribution is 5.82. The van der Waals surface area contributed by atoms with E-state index < -0.39 is 0 Å². The molecule has 1 heterocycles. The summed E-state index contributed by atoms with van der Waals surface area (Å²) in [4.78, 5) is 12.7. The molecule has 0 aliphatic heterocycles. The second kappa shape index (κ2) is 6.84. The Balaban J connectivity index is 1.63. The lowest BCUT2D eigenvalue weighted by molar-refractivity contribution is 0.305. The molecular formula is C22H15FO3. The lowest BCUT2D eigenvalue weighted by Crippen LogP contribution is -2.05. The van der Waals surface area contributed by atoms with Crippen molar-refractivity contribution in [3.63, 3.8) is 0 Å². The topological polar surface area (TPSA) is 39.4 Å². The average Bonchev–Trinajstić information content (AvgIpc) is 2.67. The molecule has 0 unspecified atom stereocenters. The third kappa shape index (κ3) is 3.22. The van der Waals surface area contributed by atoms with Gasteiger partial charge in [-0.25, -0.2) is 4.39 Å². The van der Waals surface area contributed by atoms with Crippen LogP contribution in [0.25, 0.3) is 22.1 Å². The Bertz CT molecular complexity index is 1120. The molecule has 4 aromatic rings. The molecule has 0 radical (unpaired) electrons. The fraction of sp³-hybridized carbons (Fsp3) is 0.0455. The number of benzene rings is 3. The highest BCUT2D eigenvalue weighted by atomic mass is 19.1. The van der Waals surface area contributed by atoms with Crippen molar-refractivity contribution in [2.75, 3.05) is 0 Å². The third-order valence-corrected chi connectivity index (χ3v) is 4.13. The van der Waals surface area contributed by atoms with E-state index in [1.165, 1.54) is 18.4 Å². The molecule has 0 saturated heterocycles. The minimum absolute atomic E-state index is 0.0888. The lowest BCUT2D eigenvalue weighted by Gasteiger charge is -2.08. The van der Waals surface area contributed by atoms with Crippen LogP contribution >= 0.6 is 0 Å². The summed E-state index contributed by atoms with van der Waals surface area (Å²) in [6.45, 7) is 0.232. The van der Waals surface area contributed by atoms with Gasteiger partial charge in [-0.05, 0) is 35.4 Å². The molecule has 0 aliphatic rings. The molecule has 0 bridgehead atoms. The van der Waals surface area contributed by atoms with E-state index in [0.29, 0.717) is 22.3 Å². The number of halogens is 1. The van der Waals surface area contributed by atoms with Crippen LogP contribution in [0.3, 0.4) is 0 Å². The average molecular weight is 346 g/mol. The quantitative estimate of drug-likeness (QED) is 0.511. The number of ether oxygens (including phenoxy) is 1. The first-order valence-electron chi connectivity index (χ1n) is 8.19. The Kier molecular flexibility index (Phi) is 4.23. The highest BCUT2D eigenvalue weighted by Gasteiger charge is 2.10. The standard InChI is InChI=1S/C22H15FO3/c23-17-8-4-5-15(11-17)13-25-18-9-10-19-21(12-18)26-14-20(22(19)24)16-6-2-1-3-7-16/h1-12,14H,13H2. The van der Waals surface area contributed by atoms with E-state index in [-0.39, 0.29) is 17.9 Å². The van der Waals surface area contributed by atoms with Crippen LogP contribution < -0.4 is 10.2 Å². The van der Waals surface area contributed by atoms with Gasteiger partial charge in [-0.1, -0.05) is 42.5 Å². The zero-order chi connectivity index (χ0) is 17.9. The molecule has 26 heavy (non-hydrogen) atoms. The van der Waals surface area contributed by atoms with Gasteiger partial charge in [-0.3, -0.25) is 4.79 Å². The largest absolute Gasteiger partial charge is 0.489 e. The Morgan fingerprint density at radius 1 is 0.923 bits per heavy atom. The van der Waals surface area contributed by atoms with Crippen LogP contribution in [0.15, 0.2) is 88.3 Å². The van der Waals surface area contributed by atoms with Gasteiger partial charge < -0.3 is 9.15 Å². The molecule has 128 valence electrons. The Morgan fingerprint density at radius 2 is 1.77 bits per heavy atom. The van der Waals surface area contributed by atoms with Gasteiger partial charge in [0.2, 0.25) is 0 Å². The third-order valence-electron chi connectivity index (χ3n) is 4.13. The Hall–Kier alpha value is -3.40. The molecule has 0 atom stereocenters. The number of rotatable bonds is 4. The van der Waals surface area contributed by atoms with E-state index in [4.69, 9.17) is 9.15 Å². The van der Waals surface area contributed by atoms with Crippen molar-refractivity contribution >= 4 is 11.0 Å². The maximum Gasteiger partial charge on any atom is 0.200 e. The number of fused-ring (bicyclic) bond motifs is 1. The van der Waals surface area contributed by atoms with Gasteiger partial charge in [0, 0.05) is 6.07 Å². The Labute approximate surface area is 149 Å². The fourth-order valence-corrected chi connectivity index (χ4v) is 2.81. The van der Waals surface area contributed by atoms with Crippen LogP contribution in [0.1, 0.15) is 5.56 Å². The van der Waals surface area contributed by atoms with Crippen LogP contribution in [0.5, 0.6) is 5.75 Å². The number of hydrogen-bond acceptors (Lipinski definition) is 3. The maximum absolute atomic E-state index is 13.2. The summed E-state index contributed by atoms with van der Waals surface area (Å²) >= 11 is 0. The van der Waals surface area contributed by atoms with Crippen molar-refractivity contribution in [2.45, 2.75) is 6.61 Å². The summed E-state index contributed by atoms with van der Waals surface area (Å²) in [7, 11) is 0. The first-order valence-corrected chi connectivity index (χ1v) is 8.19. The van der Waals surface area contributed by atoms with Gasteiger partial charge in [0.15, 0.2) is 5.43 Å². The van der Waals surface area contributed by atoms with Crippen molar-refractivity contribution in [3.05, 3.63) is 101 Å². The van der Waals surface area contributed by atoms with Crippen molar-refractivity contribution in [1.29, 1.82) is 0 Å². The summed E-state index contributed by atoms with van der Waals surface area (Å²) in [5, 5.41) is 0.490. The lowest BCUT2D eigenvalue weighted by atomic mass is 10.1. The Morgan fingerprint density at radius 3 is 2.58 bits per heavy atom. The van der Waals surface area contributed by atoms with E-state index in [0.717, 1.165) is 11.1 Å². The minimum atomic E-state index is -0.302. The highest BCUT2D eigenvalue weighted by Crippen LogP contribution is 2.23. The summed E-state index contributed by atoms with van der Waals surface area (Å²) in [6.07, 6.45) is 1.47. The molecule has 0 spiro atoms. The van der Waals surface area contributed by atoms with E-state index in [1.54, 1.807) is 30.3 Å². The molecule has 1 aromatic heterocycles. The fourth-order valence-electron chi connectivity index (χ4n) is 2.81. The SMILES string of the molecule is O=c1c(-c2ccccc2)coc2cc(OCc3cccc(F)c3)ccc12. The summed E-state index contributed by atoms with van der Waals surface area (Å²) < 4.78 is 24.5. The van der Waals surface area contributed by atoms with E-state index >= 15 is 0 Å². The van der Waals surface area contributed by atoms with Crippen molar-refractivity contribution in [2.24, 2.45) is 0 Å². The van der Waals surface area contributed by atoms with E-state index in [9.17, 15) is 9.18 Å². The maximum atomic E-state index is 13.2. The molecule has 0 N–H and O–H groups in total. The zero-order valence-electron chi connectivity index (χ0n) is 13.8. The smallest absolute Gasteiger partial charge is 0.200 e. The van der Waals surface area contributed by atoms with Gasteiger partial charge in [0.1, 0.15) is 30.0 Å². The van der Waals surface area contributed by atoms with Crippen molar-refractivity contribution in [1.82, 2.24) is 0 Å². The normalized spacial score (nSPS) is 10.8. The van der Waals surface area contributed by atoms with Crippen molar-refractivity contribution in [3.8, 4) is 16.9 Å².